The molecule has 18 heavy (non-hydrogen) atoms. The fourth-order valence-electron chi connectivity index (χ4n) is 1.71. The van der Waals surface area contributed by atoms with Crippen LogP contribution in [0.25, 0.3) is 0 Å². The van der Waals surface area contributed by atoms with Crippen LogP contribution >= 0.6 is 0 Å². The summed E-state index contributed by atoms with van der Waals surface area (Å²) in [7, 11) is -3.54. The van der Waals surface area contributed by atoms with E-state index in [0.717, 1.165) is 12.8 Å². The molecule has 1 aromatic rings. The molecule has 0 aromatic carbocycles. The molecule has 0 saturated heterocycles. The average molecular weight is 273 g/mol. The van der Waals surface area contributed by atoms with Crippen LogP contribution in [0.2, 0.25) is 0 Å². The van der Waals surface area contributed by atoms with Crippen molar-refractivity contribution in [3.8, 4) is 0 Å². The quantitative estimate of drug-likeness (QED) is 0.802. The number of aliphatic carboxylic acids is 1. The van der Waals surface area contributed by atoms with Gasteiger partial charge in [-0.1, -0.05) is 0 Å². The number of carboxylic acid groups (broad SMARTS) is 1. The smallest absolute Gasteiger partial charge is 0.304 e. The lowest BCUT2D eigenvalue weighted by Crippen LogP contribution is -2.35. The van der Waals surface area contributed by atoms with Gasteiger partial charge >= 0.3 is 5.97 Å². The Morgan fingerprint density at radius 3 is 2.72 bits per heavy atom. The summed E-state index contributed by atoms with van der Waals surface area (Å²) in [6, 6.07) is 3.40. The van der Waals surface area contributed by atoms with Crippen LogP contribution in [0.15, 0.2) is 22.8 Å². The topological polar surface area (TPSA) is 87.8 Å². The molecule has 100 valence electrons. The molecule has 0 aliphatic heterocycles. The van der Waals surface area contributed by atoms with Gasteiger partial charge in [0.05, 0.1) is 25.0 Å². The van der Waals surface area contributed by atoms with Crippen LogP contribution in [0.1, 0.15) is 25.0 Å². The molecule has 2 rings (SSSR count). The minimum atomic E-state index is -3.54. The molecule has 0 spiro atoms. The first-order chi connectivity index (χ1) is 8.49. The first-order valence-electron chi connectivity index (χ1n) is 5.73. The lowest BCUT2D eigenvalue weighted by atomic mass is 10.4. The average Bonchev–Trinajstić information content (AvgIpc) is 3.00. The Labute approximate surface area is 105 Å². The number of carboxylic acids is 1. The molecule has 1 aliphatic rings. The van der Waals surface area contributed by atoms with Crippen LogP contribution in [-0.2, 0) is 21.4 Å². The van der Waals surface area contributed by atoms with Crippen molar-refractivity contribution >= 4 is 16.0 Å². The standard InChI is InChI=1S/C11H15NO5S/c13-11(14)5-7-18(15,16)12(9-3-4-9)8-10-2-1-6-17-10/h1-2,6,9H,3-5,7-8H2,(H,13,14). The van der Waals surface area contributed by atoms with Gasteiger partial charge in [-0.05, 0) is 25.0 Å². The van der Waals surface area contributed by atoms with Gasteiger partial charge in [-0.25, -0.2) is 8.42 Å². The molecule has 0 amide bonds. The molecule has 0 atom stereocenters. The van der Waals surface area contributed by atoms with Crippen LogP contribution < -0.4 is 0 Å². The highest BCUT2D eigenvalue weighted by Gasteiger charge is 2.37. The maximum atomic E-state index is 12.1. The highest BCUT2D eigenvalue weighted by Crippen LogP contribution is 2.31. The molecular formula is C11H15NO5S. The Morgan fingerprint density at radius 1 is 1.50 bits per heavy atom. The molecule has 1 aliphatic carbocycles. The van der Waals surface area contributed by atoms with E-state index in [4.69, 9.17) is 9.52 Å². The third-order valence-electron chi connectivity index (χ3n) is 2.78. The van der Waals surface area contributed by atoms with Crippen molar-refractivity contribution in [3.63, 3.8) is 0 Å². The monoisotopic (exact) mass is 273 g/mol. The Bertz CT molecular complexity index is 504. The SMILES string of the molecule is O=C(O)CCS(=O)(=O)N(Cc1ccco1)C1CC1. The first kappa shape index (κ1) is 13.1. The lowest BCUT2D eigenvalue weighted by molar-refractivity contribution is -0.136. The summed E-state index contributed by atoms with van der Waals surface area (Å²) in [5.74, 6) is -0.896. The second kappa shape index (κ2) is 5.11. The zero-order chi connectivity index (χ0) is 13.2. The van der Waals surface area contributed by atoms with Crippen molar-refractivity contribution in [2.45, 2.75) is 31.8 Å². The normalized spacial score (nSPS) is 16.1. The molecule has 1 heterocycles. The van der Waals surface area contributed by atoms with E-state index in [0.29, 0.717) is 5.76 Å². The number of nitrogens with zero attached hydrogens (tertiary/aromatic N) is 1. The van der Waals surface area contributed by atoms with Gasteiger partial charge < -0.3 is 9.52 Å². The van der Waals surface area contributed by atoms with Crippen molar-refractivity contribution in [2.24, 2.45) is 0 Å². The number of hydrogen-bond donors (Lipinski definition) is 1. The highest BCUT2D eigenvalue weighted by molar-refractivity contribution is 7.89. The second-order valence-electron chi connectivity index (χ2n) is 4.32. The minimum Gasteiger partial charge on any atom is -0.481 e. The fraction of sp³-hybridized carbons (Fsp3) is 0.545. The summed E-state index contributed by atoms with van der Waals surface area (Å²) >= 11 is 0. The van der Waals surface area contributed by atoms with Gasteiger partial charge in [0.2, 0.25) is 10.0 Å². The summed E-state index contributed by atoms with van der Waals surface area (Å²) < 4.78 is 30.6. The van der Waals surface area contributed by atoms with Crippen molar-refractivity contribution in [3.05, 3.63) is 24.2 Å². The summed E-state index contributed by atoms with van der Waals surface area (Å²) in [5.41, 5.74) is 0. The van der Waals surface area contributed by atoms with Crippen molar-refractivity contribution in [1.29, 1.82) is 0 Å². The van der Waals surface area contributed by atoms with Crippen LogP contribution in [0.5, 0.6) is 0 Å². The summed E-state index contributed by atoms with van der Waals surface area (Å²) in [4.78, 5) is 10.5. The largest absolute Gasteiger partial charge is 0.481 e. The number of furan rings is 1. The molecule has 0 bridgehead atoms. The van der Waals surface area contributed by atoms with E-state index in [2.05, 4.69) is 0 Å². The summed E-state index contributed by atoms with van der Waals surface area (Å²) in [5, 5.41) is 8.57. The van der Waals surface area contributed by atoms with Gasteiger partial charge in [0, 0.05) is 6.04 Å². The maximum absolute atomic E-state index is 12.1. The summed E-state index contributed by atoms with van der Waals surface area (Å²) in [6.07, 6.45) is 2.77. The zero-order valence-electron chi connectivity index (χ0n) is 9.78. The molecule has 1 fully saturated rings. The van der Waals surface area contributed by atoms with Gasteiger partial charge in [-0.15, -0.1) is 0 Å². The Hall–Kier alpha value is -1.34. The zero-order valence-corrected chi connectivity index (χ0v) is 10.6. The Morgan fingerprint density at radius 2 is 2.22 bits per heavy atom. The number of sulfonamides is 1. The summed E-state index contributed by atoms with van der Waals surface area (Å²) in [6.45, 7) is 0.180. The number of carbonyl (C=O) groups is 1. The van der Waals surface area contributed by atoms with Crippen molar-refractivity contribution in [2.75, 3.05) is 5.75 Å². The molecule has 6 nitrogen and oxygen atoms in total. The highest BCUT2D eigenvalue weighted by atomic mass is 32.2. The molecular weight excluding hydrogens is 258 g/mol. The first-order valence-corrected chi connectivity index (χ1v) is 7.33. The molecule has 1 saturated carbocycles. The van der Waals surface area contributed by atoms with E-state index >= 15 is 0 Å². The van der Waals surface area contributed by atoms with E-state index in [-0.39, 0.29) is 24.8 Å². The van der Waals surface area contributed by atoms with E-state index in [1.165, 1.54) is 10.6 Å². The van der Waals surface area contributed by atoms with Gasteiger partial charge in [-0.3, -0.25) is 4.79 Å². The molecule has 0 radical (unpaired) electrons. The van der Waals surface area contributed by atoms with E-state index in [1.807, 2.05) is 0 Å². The number of hydrogen-bond acceptors (Lipinski definition) is 4. The predicted molar refractivity (Wildman–Crippen MR) is 63.3 cm³/mol. The third-order valence-corrected chi connectivity index (χ3v) is 4.64. The molecule has 0 unspecified atom stereocenters. The van der Waals surface area contributed by atoms with Crippen LogP contribution in [0.3, 0.4) is 0 Å². The minimum absolute atomic E-state index is 0.00565. The van der Waals surface area contributed by atoms with Crippen LogP contribution in [0.4, 0.5) is 0 Å². The molecule has 7 heteroatoms. The van der Waals surface area contributed by atoms with E-state index in [9.17, 15) is 13.2 Å². The Balaban J connectivity index is 2.07. The van der Waals surface area contributed by atoms with Gasteiger partial charge in [0.25, 0.3) is 0 Å². The maximum Gasteiger partial charge on any atom is 0.304 e. The lowest BCUT2D eigenvalue weighted by Gasteiger charge is -2.20. The van der Waals surface area contributed by atoms with Gasteiger partial charge in [0.1, 0.15) is 5.76 Å². The van der Waals surface area contributed by atoms with Gasteiger partial charge in [-0.2, -0.15) is 4.31 Å². The van der Waals surface area contributed by atoms with Crippen molar-refractivity contribution < 1.29 is 22.7 Å². The van der Waals surface area contributed by atoms with E-state index < -0.39 is 16.0 Å². The molecule has 1 N–H and O–H groups in total. The van der Waals surface area contributed by atoms with Crippen LogP contribution in [0, 0.1) is 0 Å². The molecule has 1 aromatic heterocycles. The fourth-order valence-corrected chi connectivity index (χ4v) is 3.36. The third kappa shape index (κ3) is 3.33. The van der Waals surface area contributed by atoms with Crippen LogP contribution in [-0.4, -0.2) is 35.6 Å². The predicted octanol–water partition coefficient (Wildman–Crippen LogP) is 1.05. The van der Waals surface area contributed by atoms with Crippen molar-refractivity contribution in [1.82, 2.24) is 4.31 Å². The Kier molecular flexibility index (Phi) is 3.72. The number of rotatable bonds is 7. The second-order valence-corrected chi connectivity index (χ2v) is 6.36. The van der Waals surface area contributed by atoms with Gasteiger partial charge in [0.15, 0.2) is 0 Å². The van der Waals surface area contributed by atoms with E-state index in [1.54, 1.807) is 12.1 Å².